The lowest BCUT2D eigenvalue weighted by molar-refractivity contribution is -0.555. The Balaban J connectivity index is 0. The molecule has 0 bridgehead atoms. The molecule has 0 aromatic rings. The molecule has 0 saturated heterocycles. The second kappa shape index (κ2) is 4.93. The summed E-state index contributed by atoms with van der Waals surface area (Å²) in [5.41, 5.74) is -1.11. The maximum Gasteiger partial charge on any atom is 0.214 e. The van der Waals surface area contributed by atoms with Crippen LogP contribution in [0.25, 0.3) is 0 Å². The van der Waals surface area contributed by atoms with Gasteiger partial charge in [0.2, 0.25) is 5.54 Å². The van der Waals surface area contributed by atoms with Gasteiger partial charge in [-0.05, 0) is 0 Å². The Morgan fingerprint density at radius 2 is 1.07 bits per heavy atom. The third kappa shape index (κ3) is 8.96. The Bertz CT molecular complexity index is 187. The third-order valence-electron chi connectivity index (χ3n) is 1.30. The molecule has 5 nitrogen and oxygen atoms in total. The first-order valence-corrected chi connectivity index (χ1v) is 4.31. The standard InChI is InChI=1S/C5H11NO.C4H9NO2/c1-5(2,3)6(4)7;1-4(2,3)5(6)7/h4H2,1-3H3;1-3H3. The monoisotopic (exact) mass is 204 g/mol. The molecule has 0 N–H and O–H groups in total. The molecule has 0 aliphatic rings. The van der Waals surface area contributed by atoms with Crippen LogP contribution in [0.2, 0.25) is 0 Å². The van der Waals surface area contributed by atoms with Gasteiger partial charge >= 0.3 is 0 Å². The molecule has 0 atom stereocenters. The van der Waals surface area contributed by atoms with Gasteiger partial charge in [-0.3, -0.25) is 10.1 Å². The van der Waals surface area contributed by atoms with Crippen LogP contribution in [-0.2, 0) is 0 Å². The highest BCUT2D eigenvalue weighted by atomic mass is 16.6. The van der Waals surface area contributed by atoms with Gasteiger partial charge in [0.05, 0.1) is 0 Å². The van der Waals surface area contributed by atoms with Gasteiger partial charge in [-0.1, -0.05) is 0 Å². The van der Waals surface area contributed by atoms with Gasteiger partial charge in [0, 0.05) is 46.5 Å². The fourth-order valence-corrected chi connectivity index (χ4v) is 0. The number of hydroxylamine groups is 1. The molecule has 0 aliphatic carbocycles. The smallest absolute Gasteiger partial charge is 0.214 e. The van der Waals surface area contributed by atoms with Crippen LogP contribution in [0.1, 0.15) is 41.5 Å². The summed E-state index contributed by atoms with van der Waals surface area (Å²) in [6.45, 7) is 13.3. The second-order valence-electron chi connectivity index (χ2n) is 4.98. The van der Waals surface area contributed by atoms with Crippen molar-refractivity contribution in [1.82, 2.24) is 0 Å². The molecule has 5 heteroatoms. The van der Waals surface area contributed by atoms with Crippen LogP contribution >= 0.6 is 0 Å². The highest BCUT2D eigenvalue weighted by Crippen LogP contribution is 2.03. The fraction of sp³-hybridized carbons (Fsp3) is 0.889. The van der Waals surface area contributed by atoms with E-state index in [1.54, 1.807) is 20.8 Å². The summed E-state index contributed by atoms with van der Waals surface area (Å²) in [5, 5.41) is 20.1. The van der Waals surface area contributed by atoms with Gasteiger partial charge in [-0.2, -0.15) is 0 Å². The van der Waals surface area contributed by atoms with E-state index >= 15 is 0 Å². The zero-order chi connectivity index (χ0) is 12.2. The predicted octanol–water partition coefficient (Wildman–Crippen LogP) is 2.06. The van der Waals surface area contributed by atoms with Crippen LogP contribution in [-0.4, -0.2) is 27.5 Å². The molecule has 0 unspecified atom stereocenters. The quantitative estimate of drug-likeness (QED) is 0.199. The lowest BCUT2D eigenvalue weighted by Crippen LogP contribution is -2.26. The average molecular weight is 204 g/mol. The molecule has 0 fully saturated rings. The zero-order valence-electron chi connectivity index (χ0n) is 9.83. The molecular weight excluding hydrogens is 184 g/mol. The zero-order valence-corrected chi connectivity index (χ0v) is 9.83. The molecule has 0 rings (SSSR count). The van der Waals surface area contributed by atoms with Gasteiger partial charge in [-0.15, -0.1) is 0 Å². The molecule has 0 aromatic heterocycles. The van der Waals surface area contributed by atoms with E-state index in [2.05, 4.69) is 6.72 Å². The highest BCUT2D eigenvalue weighted by molar-refractivity contribution is 5.15. The molecule has 0 saturated carbocycles. The first-order chi connectivity index (χ1) is 5.89. The van der Waals surface area contributed by atoms with Crippen molar-refractivity contribution in [3.8, 4) is 0 Å². The SMILES string of the molecule is C=[N+]([O-])C(C)(C)C.CC(C)(C)[N+](=O)[O-]. The third-order valence-corrected chi connectivity index (χ3v) is 1.30. The fourth-order valence-electron chi connectivity index (χ4n) is 0. The van der Waals surface area contributed by atoms with E-state index in [0.717, 1.165) is 0 Å². The molecule has 0 heterocycles. The Hall–Kier alpha value is -1.13. The summed E-state index contributed by atoms with van der Waals surface area (Å²) >= 11 is 0. The minimum Gasteiger partial charge on any atom is -0.624 e. The Morgan fingerprint density at radius 3 is 1.07 bits per heavy atom. The molecule has 14 heavy (non-hydrogen) atoms. The Labute approximate surface area is 85.2 Å². The van der Waals surface area contributed by atoms with Crippen molar-refractivity contribution < 1.29 is 9.66 Å². The largest absolute Gasteiger partial charge is 0.624 e. The van der Waals surface area contributed by atoms with Crippen molar-refractivity contribution >= 4 is 6.72 Å². The van der Waals surface area contributed by atoms with E-state index in [-0.39, 0.29) is 10.5 Å². The number of hydrogen-bond donors (Lipinski definition) is 0. The van der Waals surface area contributed by atoms with Crippen molar-refractivity contribution in [3.63, 3.8) is 0 Å². The van der Waals surface area contributed by atoms with Crippen LogP contribution in [0.4, 0.5) is 0 Å². The minimum absolute atomic E-state index is 0.312. The van der Waals surface area contributed by atoms with Crippen LogP contribution in [0.5, 0.6) is 0 Å². The average Bonchev–Trinajstić information content (AvgIpc) is 1.83. The maximum absolute atomic E-state index is 10.3. The summed E-state index contributed by atoms with van der Waals surface area (Å²) in [4.78, 5) is 9.51. The lowest BCUT2D eigenvalue weighted by atomic mass is 10.1. The topological polar surface area (TPSA) is 69.2 Å². The van der Waals surface area contributed by atoms with Crippen molar-refractivity contribution in [2.24, 2.45) is 0 Å². The van der Waals surface area contributed by atoms with Crippen LogP contribution in [0, 0.1) is 15.3 Å². The van der Waals surface area contributed by atoms with Crippen molar-refractivity contribution in [3.05, 3.63) is 15.3 Å². The van der Waals surface area contributed by atoms with Gasteiger partial charge in [-0.25, -0.2) is 4.74 Å². The Kier molecular flexibility index (Phi) is 5.40. The Morgan fingerprint density at radius 1 is 0.929 bits per heavy atom. The molecule has 0 amide bonds. The number of nitrogens with zero attached hydrogens (tertiary/aromatic N) is 2. The van der Waals surface area contributed by atoms with Crippen molar-refractivity contribution in [2.45, 2.75) is 52.6 Å². The highest BCUT2D eigenvalue weighted by Gasteiger charge is 2.21. The van der Waals surface area contributed by atoms with Crippen LogP contribution in [0.3, 0.4) is 0 Å². The summed E-state index contributed by atoms with van der Waals surface area (Å²) in [6, 6.07) is 0. The normalized spacial score (nSPS) is 11.3. The summed E-state index contributed by atoms with van der Waals surface area (Å²) in [6.07, 6.45) is 0. The van der Waals surface area contributed by atoms with Crippen molar-refractivity contribution in [2.75, 3.05) is 0 Å². The summed E-state index contributed by atoms with van der Waals surface area (Å²) < 4.78 is 0.688. The predicted molar refractivity (Wildman–Crippen MR) is 57.2 cm³/mol. The number of hydrogen-bond acceptors (Lipinski definition) is 3. The molecule has 0 aliphatic heterocycles. The van der Waals surface area contributed by atoms with Crippen molar-refractivity contribution in [1.29, 1.82) is 0 Å². The summed E-state index contributed by atoms with van der Waals surface area (Å²) in [5.74, 6) is 0. The van der Waals surface area contributed by atoms with E-state index in [0.29, 0.717) is 4.74 Å². The molecule has 0 aromatic carbocycles. The van der Waals surface area contributed by atoms with Gasteiger partial charge in [0.25, 0.3) is 0 Å². The van der Waals surface area contributed by atoms with E-state index in [4.69, 9.17) is 0 Å². The lowest BCUT2D eigenvalue weighted by Gasteiger charge is -2.16. The van der Waals surface area contributed by atoms with E-state index in [1.165, 1.54) is 0 Å². The van der Waals surface area contributed by atoms with E-state index in [9.17, 15) is 15.3 Å². The minimum atomic E-state index is -0.778. The van der Waals surface area contributed by atoms with Crippen LogP contribution in [0.15, 0.2) is 0 Å². The molecule has 84 valence electrons. The first-order valence-electron chi connectivity index (χ1n) is 4.31. The van der Waals surface area contributed by atoms with Gasteiger partial charge < -0.3 is 5.21 Å². The number of rotatable bonds is 0. The number of nitro groups is 1. The van der Waals surface area contributed by atoms with E-state index < -0.39 is 5.54 Å². The van der Waals surface area contributed by atoms with E-state index in [1.807, 2.05) is 20.8 Å². The molecule has 0 radical (unpaired) electrons. The van der Waals surface area contributed by atoms with Gasteiger partial charge in [0.1, 0.15) is 6.72 Å². The maximum atomic E-state index is 10.3. The van der Waals surface area contributed by atoms with Crippen LogP contribution < -0.4 is 0 Å². The molecule has 0 spiro atoms. The second-order valence-corrected chi connectivity index (χ2v) is 4.98. The molecular formula is C9H20N2O3. The van der Waals surface area contributed by atoms with Gasteiger partial charge in [0.15, 0.2) is 5.54 Å². The summed E-state index contributed by atoms with van der Waals surface area (Å²) in [7, 11) is 0. The first kappa shape index (κ1) is 15.3.